The number of hydrogen-bond acceptors (Lipinski definition) is 3. The van der Waals surface area contributed by atoms with Crippen LogP contribution in [0.25, 0.3) is 0 Å². The van der Waals surface area contributed by atoms with Gasteiger partial charge < -0.3 is 9.80 Å². The molecule has 0 saturated carbocycles. The Bertz CT molecular complexity index is 473. The van der Waals surface area contributed by atoms with Crippen LogP contribution in [0.5, 0.6) is 0 Å². The molecule has 6 heteroatoms. The maximum absolute atomic E-state index is 12.4. The molecule has 1 aliphatic rings. The van der Waals surface area contributed by atoms with Gasteiger partial charge in [-0.3, -0.25) is 4.79 Å². The molecule has 1 fully saturated rings. The third kappa shape index (κ3) is 3.38. The molecule has 0 atom stereocenters. The number of halogens is 2. The van der Waals surface area contributed by atoms with E-state index in [0.29, 0.717) is 10.6 Å². The minimum absolute atomic E-state index is 0.0937. The number of hydrogen-bond donors (Lipinski definition) is 0. The fraction of sp³-hybridized carbons (Fsp3) is 0.538. The molecule has 2 rings (SSSR count). The molecule has 1 aromatic rings. The number of amides is 1. The van der Waals surface area contributed by atoms with Crippen molar-refractivity contribution in [2.45, 2.75) is 18.9 Å². The number of carbonyl (C=O) groups excluding carboxylic acids is 1. The number of carbonyl (C=O) groups is 1. The Hall–Kier alpha value is -0.840. The van der Waals surface area contributed by atoms with Gasteiger partial charge >= 0.3 is 0 Å². The third-order valence-electron chi connectivity index (χ3n) is 3.61. The van der Waals surface area contributed by atoms with Gasteiger partial charge in [0.2, 0.25) is 0 Å². The Kier molecular flexibility index (Phi) is 4.66. The van der Waals surface area contributed by atoms with E-state index in [1.54, 1.807) is 4.90 Å². The lowest BCUT2D eigenvalue weighted by atomic mass is 10.0. The average Bonchev–Trinajstić information content (AvgIpc) is 2.41. The van der Waals surface area contributed by atoms with Crippen molar-refractivity contribution in [3.05, 3.63) is 28.0 Å². The summed E-state index contributed by atoms with van der Waals surface area (Å²) in [4.78, 5) is 20.3. The van der Waals surface area contributed by atoms with Crippen LogP contribution in [0.3, 0.4) is 0 Å². The molecule has 19 heavy (non-hydrogen) atoms. The standard InChI is InChI=1S/C13H17Cl2N3O/c1-17-5-3-9(4-6-17)18(2)13(19)10-7-12(15)16-8-11(10)14/h7-9H,3-6H2,1-2H3. The molecule has 4 nitrogen and oxygen atoms in total. The molecule has 0 unspecified atom stereocenters. The van der Waals surface area contributed by atoms with E-state index < -0.39 is 0 Å². The topological polar surface area (TPSA) is 36.4 Å². The van der Waals surface area contributed by atoms with E-state index in [2.05, 4.69) is 16.9 Å². The van der Waals surface area contributed by atoms with Gasteiger partial charge in [-0.15, -0.1) is 0 Å². The molecule has 0 bridgehead atoms. The van der Waals surface area contributed by atoms with E-state index in [9.17, 15) is 4.79 Å². The van der Waals surface area contributed by atoms with Gasteiger partial charge in [-0.2, -0.15) is 0 Å². The lowest BCUT2D eigenvalue weighted by Crippen LogP contribution is -2.44. The van der Waals surface area contributed by atoms with Crippen molar-refractivity contribution in [2.75, 3.05) is 27.2 Å². The fourth-order valence-corrected chi connectivity index (χ4v) is 2.66. The van der Waals surface area contributed by atoms with Crippen molar-refractivity contribution in [3.8, 4) is 0 Å². The first kappa shape index (κ1) is 14.6. The molecular formula is C13H17Cl2N3O. The summed E-state index contributed by atoms with van der Waals surface area (Å²) in [6.07, 6.45) is 3.38. The largest absolute Gasteiger partial charge is 0.339 e. The van der Waals surface area contributed by atoms with Gasteiger partial charge in [0.15, 0.2) is 0 Å². The zero-order chi connectivity index (χ0) is 14.0. The maximum Gasteiger partial charge on any atom is 0.255 e. The van der Waals surface area contributed by atoms with Gasteiger partial charge in [-0.05, 0) is 39.0 Å². The molecule has 1 aliphatic heterocycles. The highest BCUT2D eigenvalue weighted by Crippen LogP contribution is 2.22. The molecule has 104 valence electrons. The van der Waals surface area contributed by atoms with Crippen LogP contribution in [0.1, 0.15) is 23.2 Å². The van der Waals surface area contributed by atoms with Gasteiger partial charge in [0.25, 0.3) is 5.91 Å². The first-order valence-electron chi connectivity index (χ1n) is 6.26. The summed E-state index contributed by atoms with van der Waals surface area (Å²) >= 11 is 11.8. The highest BCUT2D eigenvalue weighted by Gasteiger charge is 2.26. The Balaban J connectivity index is 2.12. The van der Waals surface area contributed by atoms with Gasteiger partial charge in [0, 0.05) is 19.3 Å². The second-order valence-electron chi connectivity index (χ2n) is 4.94. The van der Waals surface area contributed by atoms with Crippen LogP contribution in [0.2, 0.25) is 10.2 Å². The van der Waals surface area contributed by atoms with E-state index in [1.807, 2.05) is 7.05 Å². The molecule has 0 aromatic carbocycles. The predicted octanol–water partition coefficient (Wildman–Crippen LogP) is 2.55. The molecule has 1 amide bonds. The summed E-state index contributed by atoms with van der Waals surface area (Å²) in [7, 11) is 3.92. The monoisotopic (exact) mass is 301 g/mol. The van der Waals surface area contributed by atoms with Crippen molar-refractivity contribution in [1.29, 1.82) is 0 Å². The van der Waals surface area contributed by atoms with E-state index in [1.165, 1.54) is 12.3 Å². The van der Waals surface area contributed by atoms with E-state index in [4.69, 9.17) is 23.2 Å². The molecule has 0 radical (unpaired) electrons. The number of aromatic nitrogens is 1. The Morgan fingerprint density at radius 2 is 2.05 bits per heavy atom. The maximum atomic E-state index is 12.4. The molecule has 0 aliphatic carbocycles. The van der Waals surface area contributed by atoms with Crippen LogP contribution in [0, 0.1) is 0 Å². The summed E-state index contributed by atoms with van der Waals surface area (Å²) in [6.45, 7) is 2.01. The highest BCUT2D eigenvalue weighted by atomic mass is 35.5. The van der Waals surface area contributed by atoms with Crippen molar-refractivity contribution < 1.29 is 4.79 Å². The zero-order valence-electron chi connectivity index (χ0n) is 11.1. The number of piperidine rings is 1. The smallest absolute Gasteiger partial charge is 0.255 e. The van der Waals surface area contributed by atoms with Crippen LogP contribution < -0.4 is 0 Å². The van der Waals surface area contributed by atoms with E-state index in [-0.39, 0.29) is 17.1 Å². The number of nitrogens with zero attached hydrogens (tertiary/aromatic N) is 3. The molecule has 1 saturated heterocycles. The summed E-state index contributed by atoms with van der Waals surface area (Å²) in [5, 5.41) is 0.624. The summed E-state index contributed by atoms with van der Waals surface area (Å²) in [5.74, 6) is -0.0937. The quantitative estimate of drug-likeness (QED) is 0.788. The van der Waals surface area contributed by atoms with Crippen LogP contribution in [-0.4, -0.2) is 53.9 Å². The minimum atomic E-state index is -0.0937. The molecule has 2 heterocycles. The highest BCUT2D eigenvalue weighted by molar-refractivity contribution is 6.35. The van der Waals surface area contributed by atoms with Crippen molar-refractivity contribution >= 4 is 29.1 Å². The Morgan fingerprint density at radius 3 is 2.68 bits per heavy atom. The molecular weight excluding hydrogens is 285 g/mol. The normalized spacial score (nSPS) is 17.5. The van der Waals surface area contributed by atoms with Crippen LogP contribution >= 0.6 is 23.2 Å². The first-order valence-corrected chi connectivity index (χ1v) is 7.01. The summed E-state index contributed by atoms with van der Waals surface area (Å²) < 4.78 is 0. The van der Waals surface area contributed by atoms with Crippen LogP contribution in [0.15, 0.2) is 12.3 Å². The van der Waals surface area contributed by atoms with E-state index in [0.717, 1.165) is 25.9 Å². The fourth-order valence-electron chi connectivity index (χ4n) is 2.32. The van der Waals surface area contributed by atoms with Gasteiger partial charge in [-0.1, -0.05) is 23.2 Å². The second-order valence-corrected chi connectivity index (χ2v) is 5.73. The van der Waals surface area contributed by atoms with Crippen molar-refractivity contribution in [3.63, 3.8) is 0 Å². The third-order valence-corrected chi connectivity index (χ3v) is 4.12. The zero-order valence-corrected chi connectivity index (χ0v) is 12.6. The van der Waals surface area contributed by atoms with Crippen LogP contribution in [0.4, 0.5) is 0 Å². The number of likely N-dealkylation sites (tertiary alicyclic amines) is 1. The molecule has 0 N–H and O–H groups in total. The Morgan fingerprint density at radius 1 is 1.42 bits per heavy atom. The van der Waals surface area contributed by atoms with Gasteiger partial charge in [0.1, 0.15) is 5.15 Å². The Labute approximate surface area is 123 Å². The van der Waals surface area contributed by atoms with Gasteiger partial charge in [0.05, 0.1) is 10.6 Å². The minimum Gasteiger partial charge on any atom is -0.339 e. The van der Waals surface area contributed by atoms with Crippen molar-refractivity contribution in [2.24, 2.45) is 0 Å². The van der Waals surface area contributed by atoms with E-state index >= 15 is 0 Å². The average molecular weight is 302 g/mol. The lowest BCUT2D eigenvalue weighted by molar-refractivity contribution is 0.0659. The lowest BCUT2D eigenvalue weighted by Gasteiger charge is -2.35. The molecule has 1 aromatic heterocycles. The van der Waals surface area contributed by atoms with Gasteiger partial charge in [-0.25, -0.2) is 4.98 Å². The van der Waals surface area contributed by atoms with Crippen molar-refractivity contribution in [1.82, 2.24) is 14.8 Å². The molecule has 0 spiro atoms. The SMILES string of the molecule is CN1CCC(N(C)C(=O)c2cc(Cl)ncc2Cl)CC1. The summed E-state index contributed by atoms with van der Waals surface area (Å²) in [6, 6.07) is 1.78. The predicted molar refractivity (Wildman–Crippen MR) is 76.9 cm³/mol. The summed E-state index contributed by atoms with van der Waals surface area (Å²) in [5.41, 5.74) is 0.420. The second kappa shape index (κ2) is 6.07. The van der Waals surface area contributed by atoms with Crippen LogP contribution in [-0.2, 0) is 0 Å². The number of pyridine rings is 1. The first-order chi connectivity index (χ1) is 8.99. The number of rotatable bonds is 2.